The average molecular weight is 1280 g/mol. The molecule has 1 aliphatic rings. The summed E-state index contributed by atoms with van der Waals surface area (Å²) in [5.74, 6) is -4.17. The molecule has 1 atom stereocenters. The number of hydrogen-bond acceptors (Lipinski definition) is 17. The van der Waals surface area contributed by atoms with Crippen LogP contribution < -0.4 is 10.6 Å². The first-order chi connectivity index (χ1) is 43.1. The SMILES string of the molecule is CC/C=C\C/C=C\C/C=C\C/C=C\C/C=C\CCCC(=O)OCCNC(=O)OC(=O)/C=C/C(=O)CC(=O)CCCC[C@]1(C)CCSS1.CC/C=C\C/C=C\C/C=C\C/C=C\C/C=C\CCCC(=O)OCCNC(=O)OC(=O)/C=C/C(=O)OCCCCC(=O)O. The number of carboxylic acid groups (broad SMARTS) is 1. The zero-order valence-electron chi connectivity index (χ0n) is 52.7. The molecule has 0 aliphatic carbocycles. The minimum absolute atomic E-state index is 0.00802. The number of nitrogens with one attached hydrogen (secondary N) is 2. The lowest BCUT2D eigenvalue weighted by Gasteiger charge is -2.20. The molecular formula is C69H98N2O16S2. The average Bonchev–Trinajstić information content (AvgIpc) is 4.14. The third-order valence-corrected chi connectivity index (χ3v) is 15.4. The van der Waals surface area contributed by atoms with E-state index in [2.05, 4.69) is 150 Å². The molecule has 89 heavy (non-hydrogen) atoms. The number of esters is 5. The standard InChI is InChI=1S/C37H53NO7S2.C32H45NO9/c1-3-4-5-6-7-8-9-10-11-12-13-14-15-16-17-18-19-23-34(41)44-29-28-38-36(43)45-35(42)25-24-33(40)31-32(39)22-20-21-26-37(2)27-30-46-47-37;1-2-3-4-5-6-7-8-9-10-11-12-13-14-15-16-17-18-22-29(36)41-27-25-33-32(39)42-31(38)24-23-30(37)40-26-20-19-21-28(34)35/h4-5,7-8,10-11,13-14,16-17,24-25H,3,6,9,12,15,18-23,26-31H2,1-2H3,(H,38,43);3-4,6-7,9-10,12-13,15-16,23-24H,2,5,8,11,14,17-22,25-27H2,1H3,(H,33,39)(H,34,35)/b5-4-,8-7-,11-10-,14-13-,17-16-,25-24+;4-3-,7-6-,10-9-,13-12-,16-15-,24-23+/t37-;/m1./s1. The Morgan fingerprint density at radius 1 is 0.449 bits per heavy atom. The van der Waals surface area contributed by atoms with Crippen molar-refractivity contribution in [3.63, 3.8) is 0 Å². The summed E-state index contributed by atoms with van der Waals surface area (Å²) in [5, 5.41) is 13.1. The van der Waals surface area contributed by atoms with E-state index < -0.39 is 47.8 Å². The number of carboxylic acids is 1. The van der Waals surface area contributed by atoms with Gasteiger partial charge in [0.2, 0.25) is 0 Å². The van der Waals surface area contributed by atoms with E-state index in [0.29, 0.717) is 32.1 Å². The van der Waals surface area contributed by atoms with Crippen molar-refractivity contribution in [1.29, 1.82) is 0 Å². The molecule has 20 heteroatoms. The third-order valence-electron chi connectivity index (χ3n) is 12.0. The molecule has 1 rings (SSSR count). The highest BCUT2D eigenvalue weighted by atomic mass is 33.1. The Morgan fingerprint density at radius 2 is 0.854 bits per heavy atom. The molecule has 0 aromatic carbocycles. The van der Waals surface area contributed by atoms with Crippen molar-refractivity contribution in [2.75, 3.05) is 38.7 Å². The van der Waals surface area contributed by atoms with E-state index in [-0.39, 0.29) is 75.1 Å². The number of carbonyl (C=O) groups excluding carboxylic acids is 9. The summed E-state index contributed by atoms with van der Waals surface area (Å²) in [4.78, 5) is 116. The maximum atomic E-state index is 12.0. The number of alkyl carbamates (subject to hydrolysis) is 2. The molecule has 0 saturated carbocycles. The number of hydrogen-bond donors (Lipinski definition) is 3. The number of carbonyl (C=O) groups is 10. The lowest BCUT2D eigenvalue weighted by molar-refractivity contribution is -0.144. The van der Waals surface area contributed by atoms with Gasteiger partial charge in [0, 0.05) is 54.4 Å². The van der Waals surface area contributed by atoms with E-state index in [1.54, 1.807) is 0 Å². The van der Waals surface area contributed by atoms with Gasteiger partial charge in [-0.3, -0.25) is 24.0 Å². The summed E-state index contributed by atoms with van der Waals surface area (Å²) in [6, 6.07) is 0. The minimum Gasteiger partial charge on any atom is -0.481 e. The van der Waals surface area contributed by atoms with Gasteiger partial charge >= 0.3 is 48.0 Å². The van der Waals surface area contributed by atoms with Gasteiger partial charge in [0.1, 0.15) is 19.0 Å². The summed E-state index contributed by atoms with van der Waals surface area (Å²) in [6.07, 6.45) is 61.3. The van der Waals surface area contributed by atoms with Gasteiger partial charge in [-0.05, 0) is 135 Å². The Morgan fingerprint density at radius 3 is 1.27 bits per heavy atom. The van der Waals surface area contributed by atoms with Crippen molar-refractivity contribution >= 4 is 81.2 Å². The van der Waals surface area contributed by atoms with Gasteiger partial charge in [-0.15, -0.1) is 0 Å². The topological polar surface area (TPSA) is 261 Å². The Bertz CT molecular complexity index is 2440. The van der Waals surface area contributed by atoms with Crippen LogP contribution in [0.2, 0.25) is 0 Å². The molecule has 0 aromatic rings. The predicted molar refractivity (Wildman–Crippen MR) is 354 cm³/mol. The highest BCUT2D eigenvalue weighted by molar-refractivity contribution is 8.77. The summed E-state index contributed by atoms with van der Waals surface area (Å²) < 4.78 is 24.1. The predicted octanol–water partition coefficient (Wildman–Crippen LogP) is 15.0. The van der Waals surface area contributed by atoms with E-state index in [9.17, 15) is 47.9 Å². The monoisotopic (exact) mass is 1270 g/mol. The highest BCUT2D eigenvalue weighted by Crippen LogP contribution is 2.49. The molecule has 0 radical (unpaired) electrons. The number of ketones is 2. The van der Waals surface area contributed by atoms with Crippen LogP contribution in [0.1, 0.15) is 181 Å². The molecule has 1 fully saturated rings. The molecule has 1 heterocycles. The van der Waals surface area contributed by atoms with E-state index in [0.717, 1.165) is 126 Å². The van der Waals surface area contributed by atoms with Gasteiger partial charge in [0.25, 0.3) is 0 Å². The number of allylic oxidation sites excluding steroid dienone is 21. The van der Waals surface area contributed by atoms with Crippen LogP contribution in [0.15, 0.2) is 146 Å². The Balaban J connectivity index is 0.00000175. The van der Waals surface area contributed by atoms with Crippen LogP contribution in [0.25, 0.3) is 0 Å². The highest BCUT2D eigenvalue weighted by Gasteiger charge is 2.29. The molecule has 0 aromatic heterocycles. The molecule has 0 bridgehead atoms. The summed E-state index contributed by atoms with van der Waals surface area (Å²) in [7, 11) is 3.80. The van der Waals surface area contributed by atoms with Gasteiger partial charge < -0.3 is 39.4 Å². The number of amides is 2. The largest absolute Gasteiger partial charge is 0.481 e. The maximum absolute atomic E-state index is 12.0. The number of rotatable bonds is 48. The Labute approximate surface area is 536 Å². The first kappa shape index (κ1) is 81.7. The van der Waals surface area contributed by atoms with Crippen molar-refractivity contribution < 1.29 is 76.7 Å². The van der Waals surface area contributed by atoms with Crippen molar-refractivity contribution in [3.05, 3.63) is 146 Å². The third kappa shape index (κ3) is 59.4. The van der Waals surface area contributed by atoms with E-state index in [1.165, 1.54) is 6.42 Å². The van der Waals surface area contributed by atoms with Crippen LogP contribution in [-0.2, 0) is 62.0 Å². The Kier molecular flexibility index (Phi) is 54.7. The van der Waals surface area contributed by atoms with Crippen molar-refractivity contribution in [3.8, 4) is 0 Å². The zero-order chi connectivity index (χ0) is 65.5. The second-order valence-electron chi connectivity index (χ2n) is 20.1. The Hall–Kier alpha value is -7.32. The first-order valence-electron chi connectivity index (χ1n) is 31.0. The molecule has 1 saturated heterocycles. The van der Waals surface area contributed by atoms with Crippen LogP contribution in [-0.4, -0.2) is 108 Å². The molecule has 2 amide bonds. The quantitative estimate of drug-likeness (QED) is 0.00972. The van der Waals surface area contributed by atoms with Gasteiger partial charge in [-0.1, -0.05) is 163 Å². The molecule has 492 valence electrons. The summed E-state index contributed by atoms with van der Waals surface area (Å²) >= 11 is 0. The fourth-order valence-electron chi connectivity index (χ4n) is 7.28. The number of ether oxygens (including phenoxy) is 5. The van der Waals surface area contributed by atoms with Crippen LogP contribution in [0, 0.1) is 0 Å². The maximum Gasteiger partial charge on any atom is 0.415 e. The normalized spacial score (nSPS) is 14.5. The smallest absolute Gasteiger partial charge is 0.415 e. The van der Waals surface area contributed by atoms with Crippen LogP contribution in [0.3, 0.4) is 0 Å². The lowest BCUT2D eigenvalue weighted by Crippen LogP contribution is -2.30. The molecule has 0 unspecified atom stereocenters. The molecule has 18 nitrogen and oxygen atoms in total. The van der Waals surface area contributed by atoms with Crippen LogP contribution in [0.5, 0.6) is 0 Å². The van der Waals surface area contributed by atoms with E-state index in [1.807, 2.05) is 33.7 Å². The molecule has 3 N–H and O–H groups in total. The fraction of sp³-hybridized carbons (Fsp3) is 0.507. The van der Waals surface area contributed by atoms with Crippen LogP contribution >= 0.6 is 21.6 Å². The van der Waals surface area contributed by atoms with Crippen molar-refractivity contribution in [2.45, 2.75) is 186 Å². The second-order valence-corrected chi connectivity index (χ2v) is 23.1. The van der Waals surface area contributed by atoms with Crippen molar-refractivity contribution in [1.82, 2.24) is 10.6 Å². The lowest BCUT2D eigenvalue weighted by atomic mass is 9.98. The number of Topliss-reactive ketones (excluding diaryl/α,β-unsaturated/α-hetero) is 1. The zero-order valence-corrected chi connectivity index (χ0v) is 54.3. The van der Waals surface area contributed by atoms with Crippen molar-refractivity contribution in [2.24, 2.45) is 0 Å². The van der Waals surface area contributed by atoms with Gasteiger partial charge in [0.05, 0.1) is 26.1 Å². The molecule has 0 spiro atoms. The molecule has 1 aliphatic heterocycles. The second kappa shape index (κ2) is 59.6. The fourth-order valence-corrected chi connectivity index (χ4v) is 10.6. The number of aliphatic carboxylic acids is 1. The van der Waals surface area contributed by atoms with Gasteiger partial charge in [-0.25, -0.2) is 24.0 Å². The van der Waals surface area contributed by atoms with Crippen LogP contribution in [0.4, 0.5) is 9.59 Å². The van der Waals surface area contributed by atoms with E-state index >= 15 is 0 Å². The molecular weight excluding hydrogens is 1180 g/mol. The summed E-state index contributed by atoms with van der Waals surface area (Å²) in [6.45, 7) is 6.31. The van der Waals surface area contributed by atoms with E-state index in [4.69, 9.17) is 19.3 Å². The first-order valence-corrected chi connectivity index (χ1v) is 33.3. The summed E-state index contributed by atoms with van der Waals surface area (Å²) in [5.41, 5.74) is 0. The van der Waals surface area contributed by atoms with Gasteiger partial charge in [-0.2, -0.15) is 0 Å². The number of unbranched alkanes of at least 4 members (excludes halogenated alkanes) is 4. The van der Waals surface area contributed by atoms with Gasteiger partial charge in [0.15, 0.2) is 5.78 Å². The minimum atomic E-state index is -1.08.